The number of benzene rings is 2. The minimum Gasteiger partial charge on any atom is -0.397 e. The van der Waals surface area contributed by atoms with Crippen LogP contribution in [0.2, 0.25) is 0 Å². The molecule has 2 rings (SSSR count). The van der Waals surface area contributed by atoms with E-state index in [1.54, 1.807) is 18.2 Å². The molecule has 2 aromatic carbocycles. The zero-order valence-electron chi connectivity index (χ0n) is 14.4. The summed E-state index contributed by atoms with van der Waals surface area (Å²) in [7, 11) is 1.85. The van der Waals surface area contributed by atoms with Gasteiger partial charge in [0.2, 0.25) is 0 Å². The van der Waals surface area contributed by atoms with Crippen LogP contribution in [0.15, 0.2) is 66.7 Å². The molecule has 0 aromatic heterocycles. The van der Waals surface area contributed by atoms with Crippen molar-refractivity contribution in [3.63, 3.8) is 0 Å². The number of hydrogen-bond acceptors (Lipinski definition) is 4. The Bertz CT molecular complexity index is 670. The zero-order chi connectivity index (χ0) is 18.3. The van der Waals surface area contributed by atoms with Crippen molar-refractivity contribution in [3.05, 3.63) is 72.3 Å². The van der Waals surface area contributed by atoms with Crippen molar-refractivity contribution in [2.24, 2.45) is 0 Å². The van der Waals surface area contributed by atoms with Crippen LogP contribution in [-0.2, 0) is 4.79 Å². The topological polar surface area (TPSA) is 84.2 Å². The third-order valence-corrected chi connectivity index (χ3v) is 3.31. The van der Waals surface area contributed by atoms with Gasteiger partial charge in [0, 0.05) is 19.2 Å². The number of nitrogen functional groups attached to an aromatic ring is 1. The summed E-state index contributed by atoms with van der Waals surface area (Å²) < 4.78 is 0. The van der Waals surface area contributed by atoms with Gasteiger partial charge in [-0.15, -0.1) is 0 Å². The zero-order valence-corrected chi connectivity index (χ0v) is 14.4. The summed E-state index contributed by atoms with van der Waals surface area (Å²) in [6.45, 7) is 0.622. The first-order chi connectivity index (χ1) is 12.2. The molecule has 0 heterocycles. The van der Waals surface area contributed by atoms with Crippen molar-refractivity contribution in [3.8, 4) is 0 Å². The molecule has 25 heavy (non-hydrogen) atoms. The van der Waals surface area contributed by atoms with Crippen molar-refractivity contribution in [2.75, 3.05) is 24.6 Å². The first-order valence-electron chi connectivity index (χ1n) is 8.15. The number of anilines is 2. The summed E-state index contributed by atoms with van der Waals surface area (Å²) in [6, 6.07) is 16.8. The van der Waals surface area contributed by atoms with Gasteiger partial charge in [0.1, 0.15) is 6.29 Å². The number of hydrogen-bond donors (Lipinski definition) is 3. The molecule has 5 heteroatoms. The maximum Gasteiger partial charge on any atom is 0.251 e. The number of rotatable bonds is 7. The van der Waals surface area contributed by atoms with Gasteiger partial charge in [0.15, 0.2) is 0 Å². The summed E-state index contributed by atoms with van der Waals surface area (Å²) in [5, 5.41) is 5.78. The summed E-state index contributed by atoms with van der Waals surface area (Å²) >= 11 is 0. The lowest BCUT2D eigenvalue weighted by Crippen LogP contribution is -2.24. The smallest absolute Gasteiger partial charge is 0.251 e. The summed E-state index contributed by atoms with van der Waals surface area (Å²) in [6.07, 6.45) is 5.65. The quantitative estimate of drug-likeness (QED) is 0.313. The normalized spacial score (nSPS) is 9.80. The third kappa shape index (κ3) is 8.37. The van der Waals surface area contributed by atoms with Crippen LogP contribution in [0.5, 0.6) is 0 Å². The molecule has 0 saturated heterocycles. The number of allylic oxidation sites excluding steroid dienone is 2. The van der Waals surface area contributed by atoms with E-state index in [-0.39, 0.29) is 5.91 Å². The predicted molar refractivity (Wildman–Crippen MR) is 104 cm³/mol. The lowest BCUT2D eigenvalue weighted by molar-refractivity contribution is -0.104. The molecule has 1 amide bonds. The van der Waals surface area contributed by atoms with Crippen LogP contribution in [0.25, 0.3) is 0 Å². The Labute approximate surface area is 148 Å². The molecule has 4 N–H and O–H groups in total. The molecule has 0 spiro atoms. The highest BCUT2D eigenvalue weighted by Crippen LogP contribution is 2.14. The average molecular weight is 339 g/mol. The molecule has 0 radical (unpaired) electrons. The third-order valence-electron chi connectivity index (χ3n) is 3.31. The van der Waals surface area contributed by atoms with E-state index >= 15 is 0 Å². The lowest BCUT2D eigenvalue weighted by atomic mass is 10.2. The Morgan fingerprint density at radius 1 is 1.08 bits per heavy atom. The molecule has 0 saturated carbocycles. The number of unbranched alkanes of at least 4 members (excludes halogenated alkanes) is 1. The standard InChI is InChI=1S/C13H15NO2.C7H10N2/c15-11-7-2-1-6-10-14-13(16)12-8-4-3-5-9-12;1-9-7-5-3-2-4-6(7)8/h2-5,7-9,11H,1,6,10H2,(H,14,16);2-5,9H,8H2,1H3/b7-2+;. The van der Waals surface area contributed by atoms with E-state index in [4.69, 9.17) is 5.73 Å². The van der Waals surface area contributed by atoms with Gasteiger partial charge >= 0.3 is 0 Å². The van der Waals surface area contributed by atoms with E-state index in [1.807, 2.05) is 49.5 Å². The number of amides is 1. The fourth-order valence-electron chi connectivity index (χ4n) is 1.99. The molecular weight excluding hydrogens is 314 g/mol. The lowest BCUT2D eigenvalue weighted by Gasteiger charge is -2.03. The molecule has 132 valence electrons. The number of para-hydroxylation sites is 2. The molecule has 2 aromatic rings. The molecule has 0 atom stereocenters. The fourth-order valence-corrected chi connectivity index (χ4v) is 1.99. The fraction of sp³-hybridized carbons (Fsp3) is 0.200. The van der Waals surface area contributed by atoms with Gasteiger partial charge in [0.05, 0.1) is 11.4 Å². The van der Waals surface area contributed by atoms with Gasteiger partial charge < -0.3 is 16.4 Å². The first-order valence-corrected chi connectivity index (χ1v) is 8.15. The van der Waals surface area contributed by atoms with Crippen LogP contribution in [0.3, 0.4) is 0 Å². The van der Waals surface area contributed by atoms with Crippen LogP contribution in [-0.4, -0.2) is 25.8 Å². The Balaban J connectivity index is 0.000000293. The van der Waals surface area contributed by atoms with Gasteiger partial charge in [-0.3, -0.25) is 9.59 Å². The predicted octanol–water partition coefficient (Wildman–Crippen LogP) is 3.26. The number of nitrogens with two attached hydrogens (primary N) is 1. The highest BCUT2D eigenvalue weighted by atomic mass is 16.1. The number of nitrogens with one attached hydrogen (secondary N) is 2. The van der Waals surface area contributed by atoms with Crippen molar-refractivity contribution < 1.29 is 9.59 Å². The van der Waals surface area contributed by atoms with Gasteiger partial charge in [-0.25, -0.2) is 0 Å². The van der Waals surface area contributed by atoms with Crippen LogP contribution in [0.1, 0.15) is 23.2 Å². The highest BCUT2D eigenvalue weighted by Gasteiger charge is 2.01. The number of carbonyl (C=O) groups is 2. The van der Waals surface area contributed by atoms with E-state index in [9.17, 15) is 9.59 Å². The second-order valence-corrected chi connectivity index (χ2v) is 5.17. The SMILES string of the molecule is CNc1ccccc1N.O=C/C=C/CCCNC(=O)c1ccccc1. The second-order valence-electron chi connectivity index (χ2n) is 5.17. The molecule has 0 aliphatic carbocycles. The molecule has 0 unspecified atom stereocenters. The van der Waals surface area contributed by atoms with Gasteiger partial charge in [-0.05, 0) is 43.2 Å². The number of aldehydes is 1. The average Bonchev–Trinajstić information content (AvgIpc) is 2.66. The minimum atomic E-state index is -0.0556. The Hall–Kier alpha value is -3.08. The molecule has 0 aliphatic rings. The van der Waals surface area contributed by atoms with E-state index in [2.05, 4.69) is 10.6 Å². The van der Waals surface area contributed by atoms with Crippen LogP contribution in [0.4, 0.5) is 11.4 Å². The van der Waals surface area contributed by atoms with Crippen molar-refractivity contribution in [1.82, 2.24) is 5.32 Å². The monoisotopic (exact) mass is 339 g/mol. The molecule has 0 aliphatic heterocycles. The molecule has 0 fully saturated rings. The van der Waals surface area contributed by atoms with E-state index < -0.39 is 0 Å². The van der Waals surface area contributed by atoms with Crippen LogP contribution >= 0.6 is 0 Å². The van der Waals surface area contributed by atoms with Crippen LogP contribution in [0, 0.1) is 0 Å². The molecule has 0 bridgehead atoms. The molecule has 5 nitrogen and oxygen atoms in total. The van der Waals surface area contributed by atoms with Crippen molar-refractivity contribution in [2.45, 2.75) is 12.8 Å². The van der Waals surface area contributed by atoms with Gasteiger partial charge in [0.25, 0.3) is 5.91 Å². The summed E-state index contributed by atoms with van der Waals surface area (Å²) in [5.41, 5.74) is 8.02. The Morgan fingerprint density at radius 3 is 2.36 bits per heavy atom. The first kappa shape index (κ1) is 20.0. The maximum absolute atomic E-state index is 11.5. The summed E-state index contributed by atoms with van der Waals surface area (Å²) in [5.74, 6) is -0.0556. The Morgan fingerprint density at radius 2 is 1.76 bits per heavy atom. The van der Waals surface area contributed by atoms with Crippen LogP contribution < -0.4 is 16.4 Å². The minimum absolute atomic E-state index is 0.0556. The highest BCUT2D eigenvalue weighted by molar-refractivity contribution is 5.94. The maximum atomic E-state index is 11.5. The molecular formula is C20H25N3O2. The van der Waals surface area contributed by atoms with Gasteiger partial charge in [-0.1, -0.05) is 36.4 Å². The Kier molecular flexibility index (Phi) is 9.87. The van der Waals surface area contributed by atoms with E-state index in [0.717, 1.165) is 30.5 Å². The van der Waals surface area contributed by atoms with Crippen molar-refractivity contribution >= 4 is 23.6 Å². The largest absolute Gasteiger partial charge is 0.397 e. The number of carbonyl (C=O) groups excluding carboxylic acids is 2. The van der Waals surface area contributed by atoms with E-state index in [0.29, 0.717) is 12.1 Å². The van der Waals surface area contributed by atoms with Crippen molar-refractivity contribution in [1.29, 1.82) is 0 Å². The van der Waals surface area contributed by atoms with Gasteiger partial charge in [-0.2, -0.15) is 0 Å². The second kappa shape index (κ2) is 12.4. The van der Waals surface area contributed by atoms with E-state index in [1.165, 1.54) is 6.08 Å². The summed E-state index contributed by atoms with van der Waals surface area (Å²) in [4.78, 5) is 21.5.